The average molecular weight is 316 g/mol. The van der Waals surface area contributed by atoms with Crippen molar-refractivity contribution in [3.8, 4) is 17.2 Å². The molecule has 5 heteroatoms. The fraction of sp³-hybridized carbons (Fsp3) is 0.105. The Labute approximate surface area is 140 Å². The number of carbonyl (C=O) groups is 1. The predicted octanol–water partition coefficient (Wildman–Crippen LogP) is 2.75. The molecule has 2 aromatic rings. The Kier molecular flexibility index (Phi) is 4.13. The van der Waals surface area contributed by atoms with Gasteiger partial charge >= 0.3 is 0 Å². The van der Waals surface area contributed by atoms with E-state index in [0.717, 1.165) is 16.7 Å². The smallest absolute Gasteiger partial charge is 0.247 e. The van der Waals surface area contributed by atoms with E-state index in [9.17, 15) is 4.79 Å². The van der Waals surface area contributed by atoms with Crippen LogP contribution in [0.1, 0.15) is 17.5 Å². The van der Waals surface area contributed by atoms with Crippen LogP contribution in [0.5, 0.6) is 0 Å². The van der Waals surface area contributed by atoms with Crippen molar-refractivity contribution in [3.05, 3.63) is 59.2 Å². The van der Waals surface area contributed by atoms with Crippen molar-refractivity contribution < 1.29 is 4.79 Å². The second-order valence-electron chi connectivity index (χ2n) is 5.49. The number of aliphatic imine (C=N–C) groups is 1. The van der Waals surface area contributed by atoms with Crippen molar-refractivity contribution in [1.29, 1.82) is 5.26 Å². The molecule has 1 amide bonds. The molecule has 0 saturated carbocycles. The van der Waals surface area contributed by atoms with Gasteiger partial charge in [0.2, 0.25) is 5.91 Å². The van der Waals surface area contributed by atoms with Gasteiger partial charge < -0.3 is 11.1 Å². The summed E-state index contributed by atoms with van der Waals surface area (Å²) in [7, 11) is 1.59. The van der Waals surface area contributed by atoms with E-state index in [0.29, 0.717) is 29.1 Å². The van der Waals surface area contributed by atoms with Crippen LogP contribution in [0.2, 0.25) is 0 Å². The topological polar surface area (TPSA) is 91.3 Å². The van der Waals surface area contributed by atoms with Crippen LogP contribution in [0.15, 0.2) is 53.0 Å². The highest BCUT2D eigenvalue weighted by Gasteiger charge is 2.15. The maximum absolute atomic E-state index is 11.9. The number of nitrogens with zero attached hydrogens (tertiary/aromatic N) is 2. The number of benzene rings is 2. The number of nitrogens with one attached hydrogen (secondary N) is 1. The highest BCUT2D eigenvalue weighted by Crippen LogP contribution is 2.31. The van der Waals surface area contributed by atoms with Gasteiger partial charge in [-0.25, -0.2) is 4.99 Å². The first-order chi connectivity index (χ1) is 11.6. The lowest BCUT2D eigenvalue weighted by Gasteiger charge is -2.06. The standard InChI is InChI=1S/C19H16N4O/c1-22-19(24)16-8-15-6-5-14(9-17(15)23-18(21)10-16)13-4-2-3-12(7-13)11-20/h2-9H,10H2,1H3,(H2,21,23)(H,22,24). The molecule has 0 spiro atoms. The molecule has 1 aliphatic rings. The summed E-state index contributed by atoms with van der Waals surface area (Å²) in [6, 6.07) is 15.3. The molecule has 24 heavy (non-hydrogen) atoms. The molecule has 0 aromatic heterocycles. The van der Waals surface area contributed by atoms with E-state index in [4.69, 9.17) is 11.0 Å². The fourth-order valence-electron chi connectivity index (χ4n) is 2.64. The summed E-state index contributed by atoms with van der Waals surface area (Å²) < 4.78 is 0. The van der Waals surface area contributed by atoms with Gasteiger partial charge in [0.25, 0.3) is 0 Å². The lowest BCUT2D eigenvalue weighted by molar-refractivity contribution is -0.117. The SMILES string of the molecule is CNC(=O)C1=Cc2ccc(-c3cccc(C#N)c3)cc2N=C(N)C1. The molecule has 0 unspecified atom stereocenters. The first kappa shape index (κ1) is 15.5. The van der Waals surface area contributed by atoms with Gasteiger partial charge in [-0.3, -0.25) is 4.79 Å². The zero-order valence-corrected chi connectivity index (χ0v) is 13.2. The maximum Gasteiger partial charge on any atom is 0.247 e. The van der Waals surface area contributed by atoms with Gasteiger partial charge in [0.05, 0.1) is 17.3 Å². The molecule has 5 nitrogen and oxygen atoms in total. The van der Waals surface area contributed by atoms with Gasteiger partial charge in [0.15, 0.2) is 0 Å². The lowest BCUT2D eigenvalue weighted by Crippen LogP contribution is -2.23. The van der Waals surface area contributed by atoms with Crippen LogP contribution in [-0.2, 0) is 4.79 Å². The van der Waals surface area contributed by atoms with Crippen molar-refractivity contribution >= 4 is 23.5 Å². The first-order valence-electron chi connectivity index (χ1n) is 7.51. The minimum absolute atomic E-state index is 0.160. The molecule has 0 atom stereocenters. The second kappa shape index (κ2) is 6.39. The Morgan fingerprint density at radius 2 is 2.04 bits per heavy atom. The number of nitrogens with two attached hydrogens (primary N) is 1. The van der Waals surface area contributed by atoms with Crippen LogP contribution in [0, 0.1) is 11.3 Å². The molecular formula is C19H16N4O. The summed E-state index contributed by atoms with van der Waals surface area (Å²) in [5.74, 6) is 0.235. The van der Waals surface area contributed by atoms with E-state index in [-0.39, 0.29) is 5.91 Å². The van der Waals surface area contributed by atoms with E-state index in [1.165, 1.54) is 0 Å². The molecule has 0 bridgehead atoms. The number of amides is 1. The number of amidine groups is 1. The van der Waals surface area contributed by atoms with Crippen LogP contribution in [0.4, 0.5) is 5.69 Å². The number of nitriles is 1. The van der Waals surface area contributed by atoms with Crippen LogP contribution in [0.3, 0.4) is 0 Å². The second-order valence-corrected chi connectivity index (χ2v) is 5.49. The van der Waals surface area contributed by atoms with Crippen molar-refractivity contribution in [2.75, 3.05) is 7.05 Å². The summed E-state index contributed by atoms with van der Waals surface area (Å²) in [4.78, 5) is 16.3. The zero-order chi connectivity index (χ0) is 17.1. The number of fused-ring (bicyclic) bond motifs is 1. The Balaban J connectivity index is 2.08. The number of hydrogen-bond acceptors (Lipinski definition) is 4. The molecule has 1 aliphatic heterocycles. The third-order valence-electron chi connectivity index (χ3n) is 3.84. The first-order valence-corrected chi connectivity index (χ1v) is 7.51. The van der Waals surface area contributed by atoms with Crippen LogP contribution < -0.4 is 11.1 Å². The third kappa shape index (κ3) is 3.03. The van der Waals surface area contributed by atoms with Crippen molar-refractivity contribution in [2.24, 2.45) is 10.7 Å². The number of hydrogen-bond donors (Lipinski definition) is 2. The summed E-state index contributed by atoms with van der Waals surface area (Å²) in [5.41, 5.74) is 10.6. The van der Waals surface area contributed by atoms with E-state index >= 15 is 0 Å². The van der Waals surface area contributed by atoms with Gasteiger partial charge in [0, 0.05) is 24.6 Å². The van der Waals surface area contributed by atoms with Crippen molar-refractivity contribution in [1.82, 2.24) is 5.32 Å². The molecule has 3 rings (SSSR count). The predicted molar refractivity (Wildman–Crippen MR) is 94.5 cm³/mol. The van der Waals surface area contributed by atoms with Crippen LogP contribution in [-0.4, -0.2) is 18.8 Å². The summed E-state index contributed by atoms with van der Waals surface area (Å²) in [6.07, 6.45) is 2.13. The minimum atomic E-state index is -0.160. The fourth-order valence-corrected chi connectivity index (χ4v) is 2.64. The number of carbonyl (C=O) groups excluding carboxylic acids is 1. The molecule has 0 aliphatic carbocycles. The van der Waals surface area contributed by atoms with Gasteiger partial charge in [-0.2, -0.15) is 5.26 Å². The van der Waals surface area contributed by atoms with E-state index in [1.807, 2.05) is 42.5 Å². The molecule has 118 valence electrons. The zero-order valence-electron chi connectivity index (χ0n) is 13.2. The monoisotopic (exact) mass is 316 g/mol. The van der Waals surface area contributed by atoms with Gasteiger partial charge in [-0.1, -0.05) is 24.3 Å². The van der Waals surface area contributed by atoms with Crippen molar-refractivity contribution in [3.63, 3.8) is 0 Å². The van der Waals surface area contributed by atoms with Gasteiger partial charge in [-0.15, -0.1) is 0 Å². The summed E-state index contributed by atoms with van der Waals surface area (Å²) in [5, 5.41) is 11.7. The van der Waals surface area contributed by atoms with Crippen LogP contribution in [0.25, 0.3) is 17.2 Å². The third-order valence-corrected chi connectivity index (χ3v) is 3.84. The van der Waals surface area contributed by atoms with E-state index < -0.39 is 0 Å². The Morgan fingerprint density at radius 3 is 2.79 bits per heavy atom. The quantitative estimate of drug-likeness (QED) is 0.892. The van der Waals surface area contributed by atoms with E-state index in [1.54, 1.807) is 13.1 Å². The molecular weight excluding hydrogens is 300 g/mol. The summed E-state index contributed by atoms with van der Waals surface area (Å²) >= 11 is 0. The Bertz CT molecular complexity index is 919. The molecule has 0 fully saturated rings. The van der Waals surface area contributed by atoms with Crippen LogP contribution >= 0.6 is 0 Å². The number of likely N-dealkylation sites (N-methyl/N-ethyl adjacent to an activating group) is 1. The van der Waals surface area contributed by atoms with Gasteiger partial charge in [0.1, 0.15) is 5.84 Å². The van der Waals surface area contributed by atoms with Crippen molar-refractivity contribution in [2.45, 2.75) is 6.42 Å². The maximum atomic E-state index is 11.9. The lowest BCUT2D eigenvalue weighted by atomic mass is 10.00. The Hall–Kier alpha value is -3.39. The Morgan fingerprint density at radius 1 is 1.25 bits per heavy atom. The largest absolute Gasteiger partial charge is 0.387 e. The highest BCUT2D eigenvalue weighted by molar-refractivity contribution is 6.05. The van der Waals surface area contributed by atoms with Gasteiger partial charge in [-0.05, 0) is 35.4 Å². The molecule has 1 heterocycles. The molecule has 3 N–H and O–H groups in total. The molecule has 0 saturated heterocycles. The minimum Gasteiger partial charge on any atom is -0.387 e. The highest BCUT2D eigenvalue weighted by atomic mass is 16.1. The summed E-state index contributed by atoms with van der Waals surface area (Å²) in [6.45, 7) is 0. The molecule has 2 aromatic carbocycles. The van der Waals surface area contributed by atoms with E-state index in [2.05, 4.69) is 16.4 Å². The number of rotatable bonds is 2. The molecule has 0 radical (unpaired) electrons. The normalized spacial score (nSPS) is 13.0. The average Bonchev–Trinajstić information content (AvgIpc) is 2.78.